The van der Waals surface area contributed by atoms with Crippen LogP contribution in [-0.4, -0.2) is 56.8 Å². The first-order valence-electron chi connectivity index (χ1n) is 6.23. The van der Waals surface area contributed by atoms with Crippen LogP contribution in [0.3, 0.4) is 0 Å². The molecule has 1 unspecified atom stereocenters. The van der Waals surface area contributed by atoms with E-state index in [0.29, 0.717) is 26.1 Å². The van der Waals surface area contributed by atoms with E-state index in [-0.39, 0.29) is 6.42 Å². The number of ether oxygens (including phenoxy) is 2. The summed E-state index contributed by atoms with van der Waals surface area (Å²) in [6.45, 7) is 3.86. The van der Waals surface area contributed by atoms with Crippen LogP contribution in [0.25, 0.3) is 0 Å². The lowest BCUT2D eigenvalue weighted by atomic mass is 10.1. The molecule has 1 atom stereocenters. The van der Waals surface area contributed by atoms with Crippen LogP contribution in [0, 0.1) is 0 Å². The molecular weight excluding hydrogens is 276 g/mol. The number of rotatable bonds is 11. The van der Waals surface area contributed by atoms with Crippen LogP contribution in [-0.2, 0) is 23.8 Å². The Hall–Kier alpha value is -0.250. The summed E-state index contributed by atoms with van der Waals surface area (Å²) in [4.78, 5) is 0. The summed E-state index contributed by atoms with van der Waals surface area (Å²) in [6, 6.07) is 0. The van der Waals surface area contributed by atoms with Crippen molar-refractivity contribution in [3.05, 3.63) is 0 Å². The third-order valence-electron chi connectivity index (χ3n) is 2.27. The number of aliphatic hydroxyl groups is 2. The van der Waals surface area contributed by atoms with Gasteiger partial charge in [0.1, 0.15) is 0 Å². The van der Waals surface area contributed by atoms with Crippen molar-refractivity contribution in [1.29, 1.82) is 0 Å². The molecule has 0 aliphatic heterocycles. The second kappa shape index (κ2) is 8.83. The highest BCUT2D eigenvalue weighted by atomic mass is 32.2. The first kappa shape index (κ1) is 18.8. The van der Waals surface area contributed by atoms with Gasteiger partial charge in [0.2, 0.25) is 5.79 Å². The Kier molecular flexibility index (Phi) is 8.71. The normalized spacial score (nSPS) is 15.7. The van der Waals surface area contributed by atoms with Crippen LogP contribution >= 0.6 is 0 Å². The van der Waals surface area contributed by atoms with Crippen LogP contribution in [0.1, 0.15) is 33.1 Å². The van der Waals surface area contributed by atoms with E-state index < -0.39 is 28.8 Å². The lowest BCUT2D eigenvalue weighted by Crippen LogP contribution is -2.38. The Balaban J connectivity index is 4.26. The van der Waals surface area contributed by atoms with E-state index in [2.05, 4.69) is 4.18 Å². The van der Waals surface area contributed by atoms with Gasteiger partial charge in [-0.15, -0.1) is 0 Å². The summed E-state index contributed by atoms with van der Waals surface area (Å²) < 4.78 is 37.0. The fourth-order valence-corrected chi connectivity index (χ4v) is 2.26. The number of aliphatic hydroxyl groups excluding tert-OH is 1. The second-order valence-electron chi connectivity index (χ2n) is 4.12. The molecule has 0 aromatic rings. The zero-order valence-corrected chi connectivity index (χ0v) is 12.5. The lowest BCUT2D eigenvalue weighted by Gasteiger charge is -2.25. The molecule has 0 saturated heterocycles. The highest BCUT2D eigenvalue weighted by Gasteiger charge is 2.31. The van der Waals surface area contributed by atoms with E-state index >= 15 is 0 Å². The quantitative estimate of drug-likeness (QED) is 0.415. The molecule has 116 valence electrons. The maximum Gasteiger partial charge on any atom is 0.267 e. The zero-order valence-electron chi connectivity index (χ0n) is 11.7. The van der Waals surface area contributed by atoms with Gasteiger partial charge in [0.15, 0.2) is 6.29 Å². The number of hydrogen-bond acceptors (Lipinski definition) is 7. The van der Waals surface area contributed by atoms with E-state index in [1.54, 1.807) is 0 Å². The van der Waals surface area contributed by atoms with Gasteiger partial charge in [-0.3, -0.25) is 0 Å². The van der Waals surface area contributed by atoms with Crippen LogP contribution < -0.4 is 0 Å². The van der Waals surface area contributed by atoms with E-state index in [4.69, 9.17) is 14.6 Å². The van der Waals surface area contributed by atoms with Crippen molar-refractivity contribution >= 4 is 10.1 Å². The SMILES string of the molecule is CCOC(CCCC(O)(CO)OS(C)(=O)=O)OCC. The van der Waals surface area contributed by atoms with Crippen molar-refractivity contribution in [1.82, 2.24) is 0 Å². The van der Waals surface area contributed by atoms with Gasteiger partial charge in [-0.2, -0.15) is 8.42 Å². The first-order valence-corrected chi connectivity index (χ1v) is 8.05. The molecule has 2 N–H and O–H groups in total. The molecular formula is C11H24O7S. The van der Waals surface area contributed by atoms with E-state index in [0.717, 1.165) is 6.26 Å². The molecule has 0 saturated carbocycles. The summed E-state index contributed by atoms with van der Waals surface area (Å²) in [5.41, 5.74) is 0. The third-order valence-corrected chi connectivity index (χ3v) is 2.88. The second-order valence-corrected chi connectivity index (χ2v) is 5.70. The molecule has 0 amide bonds. The monoisotopic (exact) mass is 300 g/mol. The Morgan fingerprint density at radius 2 is 1.74 bits per heavy atom. The minimum Gasteiger partial charge on any atom is -0.391 e. The van der Waals surface area contributed by atoms with Crippen molar-refractivity contribution < 1.29 is 32.3 Å². The van der Waals surface area contributed by atoms with Gasteiger partial charge in [0.05, 0.1) is 12.9 Å². The molecule has 8 heteroatoms. The molecule has 0 heterocycles. The van der Waals surface area contributed by atoms with Crippen molar-refractivity contribution in [3.63, 3.8) is 0 Å². The van der Waals surface area contributed by atoms with Gasteiger partial charge in [0, 0.05) is 19.6 Å². The summed E-state index contributed by atoms with van der Waals surface area (Å²) in [5, 5.41) is 18.8. The molecule has 0 aromatic carbocycles. The highest BCUT2D eigenvalue weighted by Crippen LogP contribution is 2.19. The third kappa shape index (κ3) is 9.31. The lowest BCUT2D eigenvalue weighted by molar-refractivity contribution is -0.174. The standard InChI is InChI=1S/C11H24O7S/c1-4-16-10(17-5-2)7-6-8-11(13,9-12)18-19(3,14)15/h10,12-13H,4-9H2,1-3H3. The first-order chi connectivity index (χ1) is 8.76. The average Bonchev–Trinajstić information content (AvgIpc) is 2.27. The van der Waals surface area contributed by atoms with Crippen LogP contribution in [0.15, 0.2) is 0 Å². The Morgan fingerprint density at radius 3 is 2.11 bits per heavy atom. The van der Waals surface area contributed by atoms with Crippen LogP contribution in [0.2, 0.25) is 0 Å². The Labute approximate surface area is 114 Å². The van der Waals surface area contributed by atoms with E-state index in [1.165, 1.54) is 0 Å². The maximum absolute atomic E-state index is 11.0. The van der Waals surface area contributed by atoms with E-state index in [1.807, 2.05) is 13.8 Å². The molecule has 0 bridgehead atoms. The van der Waals surface area contributed by atoms with Crippen molar-refractivity contribution in [2.75, 3.05) is 26.1 Å². The molecule has 0 aromatic heterocycles. The molecule has 7 nitrogen and oxygen atoms in total. The van der Waals surface area contributed by atoms with Crippen molar-refractivity contribution in [3.8, 4) is 0 Å². The van der Waals surface area contributed by atoms with Gasteiger partial charge < -0.3 is 19.7 Å². The molecule has 0 rings (SSSR count). The fraction of sp³-hybridized carbons (Fsp3) is 1.00. The van der Waals surface area contributed by atoms with Crippen molar-refractivity contribution in [2.45, 2.75) is 45.2 Å². The van der Waals surface area contributed by atoms with Gasteiger partial charge >= 0.3 is 0 Å². The highest BCUT2D eigenvalue weighted by molar-refractivity contribution is 7.86. The molecule has 19 heavy (non-hydrogen) atoms. The van der Waals surface area contributed by atoms with Gasteiger partial charge in [-0.05, 0) is 26.7 Å². The molecule has 0 radical (unpaired) electrons. The smallest absolute Gasteiger partial charge is 0.267 e. The molecule has 0 spiro atoms. The largest absolute Gasteiger partial charge is 0.391 e. The fourth-order valence-electron chi connectivity index (χ4n) is 1.56. The summed E-state index contributed by atoms with van der Waals surface area (Å²) in [7, 11) is -3.84. The number of hydrogen-bond donors (Lipinski definition) is 2. The Morgan fingerprint density at radius 1 is 1.21 bits per heavy atom. The molecule has 0 fully saturated rings. The van der Waals surface area contributed by atoms with Gasteiger partial charge in [0.25, 0.3) is 10.1 Å². The minimum absolute atomic E-state index is 0.0345. The van der Waals surface area contributed by atoms with Crippen LogP contribution in [0.5, 0.6) is 0 Å². The molecule has 0 aliphatic carbocycles. The maximum atomic E-state index is 11.0. The summed E-state index contributed by atoms with van der Waals surface area (Å²) >= 11 is 0. The summed E-state index contributed by atoms with van der Waals surface area (Å²) in [5.74, 6) is -2.09. The predicted octanol–water partition coefficient (Wildman–Crippen LogP) is 0.213. The Bertz CT molecular complexity index is 324. The molecule has 0 aliphatic rings. The van der Waals surface area contributed by atoms with Crippen LogP contribution in [0.4, 0.5) is 0 Å². The summed E-state index contributed by atoms with van der Waals surface area (Å²) in [6.07, 6.45) is 1.23. The zero-order chi connectivity index (χ0) is 14.9. The topological polar surface area (TPSA) is 102 Å². The average molecular weight is 300 g/mol. The van der Waals surface area contributed by atoms with Crippen molar-refractivity contribution in [2.24, 2.45) is 0 Å². The minimum atomic E-state index is -3.84. The van der Waals surface area contributed by atoms with Gasteiger partial charge in [-0.25, -0.2) is 4.18 Å². The van der Waals surface area contributed by atoms with E-state index in [9.17, 15) is 13.5 Å². The predicted molar refractivity (Wildman–Crippen MR) is 68.9 cm³/mol. The van der Waals surface area contributed by atoms with Gasteiger partial charge in [-0.1, -0.05) is 0 Å².